The maximum atomic E-state index is 12.9. The molecule has 0 aliphatic carbocycles. The van der Waals surface area contributed by atoms with E-state index in [1.54, 1.807) is 0 Å². The van der Waals surface area contributed by atoms with E-state index in [0.29, 0.717) is 38.2 Å². The number of hydrogen-bond acceptors (Lipinski definition) is 6. The number of unbranched alkanes of at least 4 members (excludes halogenated alkanes) is 10. The molecule has 2 N–H and O–H groups in total. The Kier molecular flexibility index (Phi) is 29.3. The summed E-state index contributed by atoms with van der Waals surface area (Å²) in [7, 11) is 2.02. The van der Waals surface area contributed by atoms with Gasteiger partial charge in [0.2, 0.25) is 5.91 Å². The Bertz CT molecular complexity index is 912. The van der Waals surface area contributed by atoms with Crippen LogP contribution >= 0.6 is 0 Å². The third-order valence-electron chi connectivity index (χ3n) is 10.7. The van der Waals surface area contributed by atoms with Gasteiger partial charge in [-0.3, -0.25) is 9.59 Å². The number of carboxylic acid groups (broad SMARTS) is 1. The van der Waals surface area contributed by atoms with E-state index in [-0.39, 0.29) is 35.0 Å². The molecule has 0 aromatic carbocycles. The molecule has 0 aliphatic rings. The first-order valence-corrected chi connectivity index (χ1v) is 19.9. The van der Waals surface area contributed by atoms with Gasteiger partial charge in [0, 0.05) is 37.8 Å². The molecule has 0 saturated carbocycles. The summed E-state index contributed by atoms with van der Waals surface area (Å²) < 4.78 is 6.38. The number of carbonyl (C=O) groups is 4. The highest BCUT2D eigenvalue weighted by molar-refractivity contribution is 5.78. The zero-order valence-electron chi connectivity index (χ0n) is 34.1. The molecular weight excluding hydrogens is 628 g/mol. The van der Waals surface area contributed by atoms with Gasteiger partial charge in [-0.15, -0.1) is 0 Å². The molecule has 0 radical (unpaired) electrons. The molecule has 0 fully saturated rings. The number of amides is 1. The summed E-state index contributed by atoms with van der Waals surface area (Å²) in [5.74, 6) is 0.664. The normalized spacial score (nSPS) is 13.4. The van der Waals surface area contributed by atoms with Crippen LogP contribution in [0.25, 0.3) is 0 Å². The zero-order valence-corrected chi connectivity index (χ0v) is 34.1. The summed E-state index contributed by atoms with van der Waals surface area (Å²) in [5, 5.41) is 11.1. The third-order valence-corrected chi connectivity index (χ3v) is 10.7. The minimum Gasteiger partial charge on any atom is -0.498 e. The van der Waals surface area contributed by atoms with E-state index in [1.807, 2.05) is 11.9 Å². The number of rotatable bonds is 31. The standard InChI is InChI=1S/C38H74N2O3.C4H6O3/c1-11-12-25-33(2)37(7,8)32-38(9,36(4,5)6)34(3)43-31-24-29-40(35(42)26-23-30-41)28-22-20-18-16-14-13-15-17-19-21-27-39-10;5-3-1-2-4(6)7/h30,33,39H,3,11-29,31-32H2,1-2,4-10H3;3H,1-2H2,(H,6,7). The summed E-state index contributed by atoms with van der Waals surface area (Å²) in [4.78, 5) is 44.8. The Morgan fingerprint density at radius 2 is 1.30 bits per heavy atom. The second-order valence-corrected chi connectivity index (χ2v) is 16.2. The lowest BCUT2D eigenvalue weighted by atomic mass is 9.57. The van der Waals surface area contributed by atoms with Gasteiger partial charge >= 0.3 is 5.97 Å². The van der Waals surface area contributed by atoms with E-state index in [4.69, 9.17) is 9.84 Å². The second kappa shape index (κ2) is 29.4. The molecule has 8 heteroatoms. The first kappa shape index (κ1) is 49.9. The summed E-state index contributed by atoms with van der Waals surface area (Å²) >= 11 is 0. The van der Waals surface area contributed by atoms with Crippen molar-refractivity contribution in [3.63, 3.8) is 0 Å². The van der Waals surface area contributed by atoms with E-state index in [2.05, 4.69) is 67.3 Å². The van der Waals surface area contributed by atoms with E-state index in [9.17, 15) is 19.2 Å². The number of nitrogens with zero attached hydrogens (tertiary/aromatic N) is 1. The summed E-state index contributed by atoms with van der Waals surface area (Å²) in [5.41, 5.74) is 0.0233. The lowest BCUT2D eigenvalue weighted by Crippen LogP contribution is -2.41. The van der Waals surface area contributed by atoms with Crippen LogP contribution in [-0.2, 0) is 23.9 Å². The number of ether oxygens (including phenoxy) is 1. The van der Waals surface area contributed by atoms with Crippen molar-refractivity contribution in [1.29, 1.82) is 0 Å². The Balaban J connectivity index is 0. The van der Waals surface area contributed by atoms with Crippen LogP contribution in [0.15, 0.2) is 12.3 Å². The number of hydrogen-bond donors (Lipinski definition) is 2. The quantitative estimate of drug-likeness (QED) is 0.0419. The van der Waals surface area contributed by atoms with Crippen molar-refractivity contribution >= 4 is 24.4 Å². The van der Waals surface area contributed by atoms with Crippen LogP contribution in [-0.4, -0.2) is 67.7 Å². The van der Waals surface area contributed by atoms with Crippen LogP contribution in [0.1, 0.15) is 177 Å². The molecule has 0 rings (SSSR count). The minimum absolute atomic E-state index is 0.00894. The fourth-order valence-corrected chi connectivity index (χ4v) is 6.28. The Labute approximate surface area is 308 Å². The second-order valence-electron chi connectivity index (χ2n) is 16.2. The van der Waals surface area contributed by atoms with Crippen LogP contribution in [0.4, 0.5) is 0 Å². The van der Waals surface area contributed by atoms with Gasteiger partial charge in [0.15, 0.2) is 0 Å². The first-order valence-electron chi connectivity index (χ1n) is 19.9. The molecule has 50 heavy (non-hydrogen) atoms. The van der Waals surface area contributed by atoms with Crippen LogP contribution in [0.5, 0.6) is 0 Å². The van der Waals surface area contributed by atoms with Crippen molar-refractivity contribution in [2.75, 3.05) is 33.3 Å². The van der Waals surface area contributed by atoms with Crippen molar-refractivity contribution in [2.45, 2.75) is 177 Å². The van der Waals surface area contributed by atoms with Gasteiger partial charge in [-0.25, -0.2) is 0 Å². The zero-order chi connectivity index (χ0) is 38.5. The monoisotopic (exact) mass is 709 g/mol. The SMILES string of the molecule is C=C(OCCCN(CCCCCCCCCCCCNC)C(=O)CCC=O)C(C)(CC(C)(C)C(C)CCCC)C(C)(C)C.O=CCCC(=O)O. The molecule has 0 heterocycles. The van der Waals surface area contributed by atoms with E-state index >= 15 is 0 Å². The van der Waals surface area contributed by atoms with Crippen molar-refractivity contribution in [1.82, 2.24) is 10.2 Å². The molecule has 0 aromatic rings. The highest BCUT2D eigenvalue weighted by atomic mass is 16.5. The number of nitrogens with one attached hydrogen (secondary N) is 1. The summed E-state index contributed by atoms with van der Waals surface area (Å²) in [6, 6.07) is 0. The van der Waals surface area contributed by atoms with Crippen molar-refractivity contribution < 1.29 is 29.0 Å². The lowest BCUT2D eigenvalue weighted by molar-refractivity contribution is -0.137. The molecule has 0 aromatic heterocycles. The molecule has 0 aliphatic heterocycles. The Morgan fingerprint density at radius 1 is 0.800 bits per heavy atom. The number of aldehydes is 2. The van der Waals surface area contributed by atoms with Gasteiger partial charge in [-0.2, -0.15) is 0 Å². The van der Waals surface area contributed by atoms with Gasteiger partial charge in [-0.1, -0.05) is 133 Å². The Morgan fingerprint density at radius 3 is 1.76 bits per heavy atom. The van der Waals surface area contributed by atoms with Crippen molar-refractivity contribution in [3.8, 4) is 0 Å². The van der Waals surface area contributed by atoms with Gasteiger partial charge in [0.1, 0.15) is 12.6 Å². The smallest absolute Gasteiger partial charge is 0.303 e. The maximum Gasteiger partial charge on any atom is 0.303 e. The number of aliphatic carboxylic acids is 1. The maximum absolute atomic E-state index is 12.9. The number of allylic oxidation sites excluding steroid dienone is 1. The summed E-state index contributed by atoms with van der Waals surface area (Å²) in [6.45, 7) is 26.3. The Hall–Kier alpha value is -2.22. The van der Waals surface area contributed by atoms with Crippen LogP contribution < -0.4 is 5.32 Å². The van der Waals surface area contributed by atoms with Crippen LogP contribution in [0.2, 0.25) is 0 Å². The van der Waals surface area contributed by atoms with Crippen molar-refractivity contribution in [3.05, 3.63) is 12.3 Å². The molecule has 2 unspecified atom stereocenters. The number of carbonyl (C=O) groups excluding carboxylic acids is 3. The van der Waals surface area contributed by atoms with Gasteiger partial charge in [0.25, 0.3) is 0 Å². The van der Waals surface area contributed by atoms with Gasteiger partial charge in [-0.05, 0) is 56.0 Å². The first-order chi connectivity index (χ1) is 23.5. The minimum atomic E-state index is -0.924. The fourth-order valence-electron chi connectivity index (χ4n) is 6.28. The summed E-state index contributed by atoms with van der Waals surface area (Å²) in [6.07, 6.45) is 20.3. The molecule has 0 spiro atoms. The average molecular weight is 709 g/mol. The molecule has 1 amide bonds. The predicted octanol–water partition coefficient (Wildman–Crippen LogP) is 10.2. The predicted molar refractivity (Wildman–Crippen MR) is 209 cm³/mol. The highest BCUT2D eigenvalue weighted by Crippen LogP contribution is 2.53. The molecule has 294 valence electrons. The highest BCUT2D eigenvalue weighted by Gasteiger charge is 2.46. The van der Waals surface area contributed by atoms with Gasteiger partial charge in [0.05, 0.1) is 18.8 Å². The molecule has 2 atom stereocenters. The largest absolute Gasteiger partial charge is 0.498 e. The van der Waals surface area contributed by atoms with E-state index in [1.165, 1.54) is 70.6 Å². The third kappa shape index (κ3) is 24.1. The van der Waals surface area contributed by atoms with Gasteiger partial charge < -0.3 is 29.6 Å². The van der Waals surface area contributed by atoms with Crippen LogP contribution in [0.3, 0.4) is 0 Å². The van der Waals surface area contributed by atoms with Crippen molar-refractivity contribution in [2.24, 2.45) is 22.2 Å². The molecule has 0 bridgehead atoms. The van der Waals surface area contributed by atoms with E-state index in [0.717, 1.165) is 50.8 Å². The number of carboxylic acids is 1. The lowest BCUT2D eigenvalue weighted by Gasteiger charge is -2.49. The molecule has 8 nitrogen and oxygen atoms in total. The van der Waals surface area contributed by atoms with E-state index < -0.39 is 5.97 Å². The fraction of sp³-hybridized carbons (Fsp3) is 0.857. The molecule has 0 saturated heterocycles. The topological polar surface area (TPSA) is 113 Å². The van der Waals surface area contributed by atoms with Crippen LogP contribution in [0, 0.1) is 22.2 Å². The molecular formula is C42H80N2O6. The average Bonchev–Trinajstić information content (AvgIpc) is 3.05.